The SMILES string of the molecule is Cc1ccc(C=NNc2ccc(Cl)c(C(=O)O)c2)cc1. The molecule has 0 saturated carbocycles. The Morgan fingerprint density at radius 2 is 1.95 bits per heavy atom. The lowest BCUT2D eigenvalue weighted by Gasteiger charge is -2.03. The van der Waals surface area contributed by atoms with Gasteiger partial charge in [-0.25, -0.2) is 4.79 Å². The summed E-state index contributed by atoms with van der Waals surface area (Å²) in [5.74, 6) is -1.07. The van der Waals surface area contributed by atoms with E-state index in [1.165, 1.54) is 17.7 Å². The van der Waals surface area contributed by atoms with Gasteiger partial charge >= 0.3 is 5.97 Å². The van der Waals surface area contributed by atoms with Crippen molar-refractivity contribution < 1.29 is 9.90 Å². The van der Waals surface area contributed by atoms with Gasteiger partial charge in [-0.15, -0.1) is 0 Å². The number of carbonyl (C=O) groups is 1. The van der Waals surface area contributed by atoms with Gasteiger partial charge in [0.1, 0.15) is 0 Å². The van der Waals surface area contributed by atoms with Crippen molar-refractivity contribution in [1.82, 2.24) is 0 Å². The van der Waals surface area contributed by atoms with E-state index < -0.39 is 5.97 Å². The second kappa shape index (κ2) is 6.21. The van der Waals surface area contributed by atoms with Crippen molar-refractivity contribution in [3.63, 3.8) is 0 Å². The average Bonchev–Trinajstić information content (AvgIpc) is 2.42. The normalized spacial score (nSPS) is 10.7. The van der Waals surface area contributed by atoms with Crippen LogP contribution < -0.4 is 5.43 Å². The summed E-state index contributed by atoms with van der Waals surface area (Å²) in [5, 5.41) is 13.2. The van der Waals surface area contributed by atoms with Crippen LogP contribution in [0, 0.1) is 6.92 Å². The van der Waals surface area contributed by atoms with Gasteiger partial charge in [0.05, 0.1) is 22.5 Å². The van der Waals surface area contributed by atoms with Crippen molar-refractivity contribution in [2.24, 2.45) is 5.10 Å². The van der Waals surface area contributed by atoms with Gasteiger partial charge in [-0.1, -0.05) is 41.4 Å². The molecule has 102 valence electrons. The van der Waals surface area contributed by atoms with Crippen LogP contribution in [0.3, 0.4) is 0 Å². The summed E-state index contributed by atoms with van der Waals surface area (Å²) < 4.78 is 0. The molecule has 0 spiro atoms. The van der Waals surface area contributed by atoms with Crippen LogP contribution in [0.1, 0.15) is 21.5 Å². The summed E-state index contributed by atoms with van der Waals surface area (Å²) in [6.07, 6.45) is 1.66. The minimum atomic E-state index is -1.07. The Morgan fingerprint density at radius 1 is 1.25 bits per heavy atom. The van der Waals surface area contributed by atoms with E-state index >= 15 is 0 Å². The van der Waals surface area contributed by atoms with E-state index in [2.05, 4.69) is 10.5 Å². The minimum absolute atomic E-state index is 0.0437. The molecule has 0 saturated heterocycles. The van der Waals surface area contributed by atoms with E-state index in [1.54, 1.807) is 12.3 Å². The van der Waals surface area contributed by atoms with Crippen molar-refractivity contribution in [2.75, 3.05) is 5.43 Å². The van der Waals surface area contributed by atoms with E-state index in [4.69, 9.17) is 16.7 Å². The number of hydrazone groups is 1. The second-order valence-electron chi connectivity index (χ2n) is 4.28. The van der Waals surface area contributed by atoms with Crippen LogP contribution in [0.4, 0.5) is 5.69 Å². The number of hydrogen-bond donors (Lipinski definition) is 2. The molecule has 2 aromatic rings. The molecule has 0 aliphatic carbocycles. The predicted molar refractivity (Wildman–Crippen MR) is 80.8 cm³/mol. The lowest BCUT2D eigenvalue weighted by atomic mass is 10.2. The highest BCUT2D eigenvalue weighted by Crippen LogP contribution is 2.20. The molecule has 5 heteroatoms. The van der Waals surface area contributed by atoms with Crippen LogP contribution in [-0.2, 0) is 0 Å². The third kappa shape index (κ3) is 3.59. The highest BCUT2D eigenvalue weighted by molar-refractivity contribution is 6.33. The third-order valence-electron chi connectivity index (χ3n) is 2.68. The van der Waals surface area contributed by atoms with E-state index in [-0.39, 0.29) is 10.6 Å². The van der Waals surface area contributed by atoms with Crippen LogP contribution in [-0.4, -0.2) is 17.3 Å². The maximum atomic E-state index is 11.0. The first-order chi connectivity index (χ1) is 9.56. The molecule has 0 amide bonds. The lowest BCUT2D eigenvalue weighted by molar-refractivity contribution is 0.0697. The summed E-state index contributed by atoms with van der Waals surface area (Å²) in [4.78, 5) is 11.0. The van der Waals surface area contributed by atoms with Crippen LogP contribution in [0.2, 0.25) is 5.02 Å². The molecule has 4 nitrogen and oxygen atoms in total. The monoisotopic (exact) mass is 288 g/mol. The number of aromatic carboxylic acids is 1. The molecule has 0 aliphatic heterocycles. The largest absolute Gasteiger partial charge is 0.478 e. The summed E-state index contributed by atoms with van der Waals surface area (Å²) in [7, 11) is 0. The van der Waals surface area contributed by atoms with Gasteiger partial charge in [-0.05, 0) is 30.7 Å². The van der Waals surface area contributed by atoms with Gasteiger partial charge in [-0.3, -0.25) is 5.43 Å². The molecule has 2 rings (SSSR count). The number of rotatable bonds is 4. The van der Waals surface area contributed by atoms with Gasteiger partial charge in [0.2, 0.25) is 0 Å². The molecule has 0 fully saturated rings. The topological polar surface area (TPSA) is 61.7 Å². The number of nitrogens with one attached hydrogen (secondary N) is 1. The lowest BCUT2D eigenvalue weighted by Crippen LogP contribution is -1.99. The Bertz CT molecular complexity index is 651. The van der Waals surface area contributed by atoms with E-state index in [9.17, 15) is 4.79 Å². The van der Waals surface area contributed by atoms with E-state index in [1.807, 2.05) is 31.2 Å². The smallest absolute Gasteiger partial charge is 0.337 e. The van der Waals surface area contributed by atoms with Gasteiger partial charge in [-0.2, -0.15) is 5.10 Å². The average molecular weight is 289 g/mol. The molecular formula is C15H13ClN2O2. The van der Waals surface area contributed by atoms with Gasteiger partial charge in [0, 0.05) is 0 Å². The molecule has 0 unspecified atom stereocenters. The van der Waals surface area contributed by atoms with Gasteiger partial charge < -0.3 is 5.11 Å². The first-order valence-corrected chi connectivity index (χ1v) is 6.32. The van der Waals surface area contributed by atoms with Crippen LogP contribution in [0.5, 0.6) is 0 Å². The van der Waals surface area contributed by atoms with E-state index in [0.717, 1.165) is 5.56 Å². The molecule has 2 aromatic carbocycles. The minimum Gasteiger partial charge on any atom is -0.478 e. The second-order valence-corrected chi connectivity index (χ2v) is 4.69. The highest BCUT2D eigenvalue weighted by Gasteiger charge is 2.08. The number of benzene rings is 2. The molecular weight excluding hydrogens is 276 g/mol. The summed E-state index contributed by atoms with van der Waals surface area (Å²) in [6.45, 7) is 2.01. The fourth-order valence-electron chi connectivity index (χ4n) is 1.59. The van der Waals surface area contributed by atoms with Crippen molar-refractivity contribution >= 4 is 29.5 Å². The quantitative estimate of drug-likeness (QED) is 0.664. The van der Waals surface area contributed by atoms with Crippen LogP contribution >= 0.6 is 11.6 Å². The molecule has 0 radical (unpaired) electrons. The molecule has 0 heterocycles. The van der Waals surface area contributed by atoms with Crippen molar-refractivity contribution in [3.8, 4) is 0 Å². The Labute approximate surface area is 121 Å². The van der Waals surface area contributed by atoms with Gasteiger partial charge in [0.15, 0.2) is 0 Å². The standard InChI is InChI=1S/C15H13ClN2O2/c1-10-2-4-11(5-3-10)9-17-18-12-6-7-14(16)13(8-12)15(19)20/h2-9,18H,1H3,(H,19,20). The highest BCUT2D eigenvalue weighted by atomic mass is 35.5. The first-order valence-electron chi connectivity index (χ1n) is 5.95. The Balaban J connectivity index is 2.09. The first kappa shape index (κ1) is 14.1. The molecule has 2 N–H and O–H groups in total. The van der Waals surface area contributed by atoms with Crippen LogP contribution in [0.25, 0.3) is 0 Å². The van der Waals surface area contributed by atoms with Gasteiger partial charge in [0.25, 0.3) is 0 Å². The number of aryl methyl sites for hydroxylation is 1. The summed E-state index contributed by atoms with van der Waals surface area (Å²) in [5.41, 5.74) is 5.52. The van der Waals surface area contributed by atoms with Crippen molar-refractivity contribution in [1.29, 1.82) is 0 Å². The maximum Gasteiger partial charge on any atom is 0.337 e. The zero-order valence-corrected chi connectivity index (χ0v) is 11.6. The number of hydrogen-bond acceptors (Lipinski definition) is 3. The third-order valence-corrected chi connectivity index (χ3v) is 3.01. The predicted octanol–water partition coefficient (Wildman–Crippen LogP) is 3.79. The zero-order chi connectivity index (χ0) is 14.5. The molecule has 0 atom stereocenters. The maximum absolute atomic E-state index is 11.0. The zero-order valence-electron chi connectivity index (χ0n) is 10.8. The molecule has 0 bridgehead atoms. The number of carboxylic acids is 1. The Hall–Kier alpha value is -2.33. The number of halogens is 1. The Kier molecular flexibility index (Phi) is 4.38. The molecule has 0 aromatic heterocycles. The van der Waals surface area contributed by atoms with Crippen molar-refractivity contribution in [3.05, 3.63) is 64.2 Å². The number of nitrogens with zero attached hydrogens (tertiary/aromatic N) is 1. The molecule has 20 heavy (non-hydrogen) atoms. The fraction of sp³-hybridized carbons (Fsp3) is 0.0667. The van der Waals surface area contributed by atoms with Crippen LogP contribution in [0.15, 0.2) is 47.6 Å². The fourth-order valence-corrected chi connectivity index (χ4v) is 1.79. The molecule has 0 aliphatic rings. The summed E-state index contributed by atoms with van der Waals surface area (Å²) in [6, 6.07) is 12.5. The number of anilines is 1. The Morgan fingerprint density at radius 3 is 2.60 bits per heavy atom. The van der Waals surface area contributed by atoms with Crippen molar-refractivity contribution in [2.45, 2.75) is 6.92 Å². The number of carboxylic acid groups (broad SMARTS) is 1. The van der Waals surface area contributed by atoms with E-state index in [0.29, 0.717) is 5.69 Å². The summed E-state index contributed by atoms with van der Waals surface area (Å²) >= 11 is 5.79.